The molecule has 5 heteroatoms. The maximum absolute atomic E-state index is 11.5. The lowest BCUT2D eigenvalue weighted by molar-refractivity contribution is -0.127. The lowest BCUT2D eigenvalue weighted by Gasteiger charge is -2.21. The molecule has 0 unspecified atom stereocenters. The van der Waals surface area contributed by atoms with Gasteiger partial charge in [-0.3, -0.25) is 4.79 Å². The Balaban J connectivity index is 0. The van der Waals surface area contributed by atoms with Gasteiger partial charge >= 0.3 is 6.09 Å². The quantitative estimate of drug-likeness (QED) is 0.768. The molecule has 1 atom stereocenters. The van der Waals surface area contributed by atoms with Crippen LogP contribution in [0.3, 0.4) is 0 Å². The fourth-order valence-electron chi connectivity index (χ4n) is 0.951. The number of hydrogen-bond acceptors (Lipinski definition) is 3. The molecule has 1 amide bonds. The number of carbonyl (C=O) groups excluding carboxylic acids is 2. The minimum absolute atomic E-state index is 0. The van der Waals surface area contributed by atoms with Gasteiger partial charge in [0.05, 0.1) is 13.2 Å². The Bertz CT molecular complexity index is 211. The van der Waals surface area contributed by atoms with Crippen LogP contribution in [0, 0.1) is 5.41 Å². The fourth-order valence-corrected chi connectivity index (χ4v) is 0.951. The van der Waals surface area contributed by atoms with E-state index in [4.69, 9.17) is 0 Å². The number of Topliss-reactive ketones (excluding diaryl/α,β-unsaturated/α-hetero) is 1. The second kappa shape index (κ2) is 5.90. The first-order chi connectivity index (χ1) is 5.79. The average molecular weight is 221 g/mol. The van der Waals surface area contributed by atoms with Gasteiger partial charge in [0.15, 0.2) is 5.78 Å². The molecule has 1 N–H and O–H groups in total. The summed E-state index contributed by atoms with van der Waals surface area (Å²) >= 11 is 0. The maximum atomic E-state index is 11.5. The van der Waals surface area contributed by atoms with Crippen LogP contribution in [0.4, 0.5) is 4.79 Å². The third-order valence-corrected chi connectivity index (χ3v) is 1.65. The van der Waals surface area contributed by atoms with Crippen molar-refractivity contribution < 1.29 is 14.3 Å². The summed E-state index contributed by atoms with van der Waals surface area (Å²) in [6, 6.07) is -0.507. The van der Waals surface area contributed by atoms with Gasteiger partial charge in [-0.15, -0.1) is 0 Å². The van der Waals surface area contributed by atoms with Crippen molar-refractivity contribution in [3.63, 3.8) is 0 Å². The second-order valence-electron chi connectivity index (χ2n) is 3.97. The molecule has 0 fully saturated rings. The first-order valence-electron chi connectivity index (χ1n) is 4.18. The van der Waals surface area contributed by atoms with Gasteiger partial charge in [0.2, 0.25) is 0 Å². The molecule has 0 rings (SSSR count). The van der Waals surface area contributed by atoms with E-state index in [1.807, 2.05) is 20.8 Å². The largest absolute Gasteiger partial charge is 0.453 e. The van der Waals surface area contributed by atoms with Crippen LogP contribution in [-0.2, 0) is 9.53 Å². The molecule has 4 nitrogen and oxygen atoms in total. The van der Waals surface area contributed by atoms with E-state index in [0.29, 0.717) is 0 Å². The van der Waals surface area contributed by atoms with E-state index < -0.39 is 17.6 Å². The molecule has 0 heterocycles. The van der Waals surface area contributed by atoms with E-state index in [2.05, 4.69) is 10.1 Å². The molecule has 0 aromatic carbocycles. The summed E-state index contributed by atoms with van der Waals surface area (Å²) in [6.45, 7) is 7.07. The van der Waals surface area contributed by atoms with Gasteiger partial charge in [-0.05, 0) is 6.92 Å². The highest BCUT2D eigenvalue weighted by atomic mass is 32.1. The van der Waals surface area contributed by atoms with Crippen molar-refractivity contribution in [1.29, 1.82) is 0 Å². The van der Waals surface area contributed by atoms with Crippen molar-refractivity contribution in [2.45, 2.75) is 33.7 Å². The average Bonchev–Trinajstić information content (AvgIpc) is 2.01. The van der Waals surface area contributed by atoms with Crippen molar-refractivity contribution in [2.75, 3.05) is 7.11 Å². The minimum Gasteiger partial charge on any atom is -0.453 e. The van der Waals surface area contributed by atoms with E-state index in [9.17, 15) is 9.59 Å². The van der Waals surface area contributed by atoms with Crippen molar-refractivity contribution in [2.24, 2.45) is 5.41 Å². The Morgan fingerprint density at radius 2 is 1.71 bits per heavy atom. The predicted molar refractivity (Wildman–Crippen MR) is 59.8 cm³/mol. The summed E-state index contributed by atoms with van der Waals surface area (Å²) in [5.41, 5.74) is -0.444. The third-order valence-electron chi connectivity index (χ3n) is 1.65. The lowest BCUT2D eigenvalue weighted by atomic mass is 9.87. The molecular formula is C9H19NO3S. The van der Waals surface area contributed by atoms with E-state index in [1.165, 1.54) is 7.11 Å². The van der Waals surface area contributed by atoms with Gasteiger partial charge in [-0.25, -0.2) is 4.79 Å². The van der Waals surface area contributed by atoms with Crippen LogP contribution < -0.4 is 5.32 Å². The summed E-state index contributed by atoms with van der Waals surface area (Å²) in [5, 5.41) is 2.43. The van der Waals surface area contributed by atoms with Crippen LogP contribution in [0.1, 0.15) is 27.7 Å². The second-order valence-corrected chi connectivity index (χ2v) is 3.97. The topological polar surface area (TPSA) is 55.4 Å². The molecule has 14 heavy (non-hydrogen) atoms. The van der Waals surface area contributed by atoms with Gasteiger partial charge in [-0.1, -0.05) is 20.8 Å². The molecule has 0 aromatic heterocycles. The van der Waals surface area contributed by atoms with Crippen LogP contribution >= 0.6 is 13.5 Å². The summed E-state index contributed by atoms with van der Waals surface area (Å²) in [4.78, 5) is 22.3. The molecule has 0 aliphatic carbocycles. The standard InChI is InChI=1S/C9H17NO3.H2S/c1-6(10-8(12)13-5)7(11)9(2,3)4;/h6H,1-5H3,(H,10,12);1H2/t6-;/m0./s1. The Kier molecular flexibility index (Phi) is 6.64. The molecule has 84 valence electrons. The highest BCUT2D eigenvalue weighted by molar-refractivity contribution is 7.59. The summed E-state index contributed by atoms with van der Waals surface area (Å²) < 4.78 is 4.38. The zero-order valence-electron chi connectivity index (χ0n) is 9.30. The van der Waals surface area contributed by atoms with E-state index >= 15 is 0 Å². The lowest BCUT2D eigenvalue weighted by Crippen LogP contribution is -2.43. The molecule has 0 aromatic rings. The first-order valence-corrected chi connectivity index (χ1v) is 4.18. The van der Waals surface area contributed by atoms with Gasteiger partial charge < -0.3 is 10.1 Å². The zero-order chi connectivity index (χ0) is 10.6. The molecule has 0 saturated carbocycles. The summed E-state index contributed by atoms with van der Waals surface area (Å²) in [7, 11) is 1.27. The number of amides is 1. The smallest absolute Gasteiger partial charge is 0.407 e. The summed E-state index contributed by atoms with van der Waals surface area (Å²) in [5.74, 6) is -0.0158. The van der Waals surface area contributed by atoms with Crippen molar-refractivity contribution in [1.82, 2.24) is 5.32 Å². The first kappa shape index (κ1) is 15.7. The summed E-state index contributed by atoms with van der Waals surface area (Å²) in [6.07, 6.45) is -0.579. The van der Waals surface area contributed by atoms with Crippen molar-refractivity contribution in [3.8, 4) is 0 Å². The van der Waals surface area contributed by atoms with Crippen LogP contribution in [0.2, 0.25) is 0 Å². The highest BCUT2D eigenvalue weighted by Gasteiger charge is 2.27. The number of rotatable bonds is 2. The molecule has 0 saturated heterocycles. The van der Waals surface area contributed by atoms with Crippen LogP contribution in [-0.4, -0.2) is 25.0 Å². The number of nitrogens with one attached hydrogen (secondary N) is 1. The SMILES string of the molecule is COC(=O)N[C@@H](C)C(=O)C(C)(C)C.S. The van der Waals surface area contributed by atoms with E-state index in [0.717, 1.165) is 0 Å². The number of ether oxygens (including phenoxy) is 1. The molecule has 0 spiro atoms. The molecule has 0 radical (unpaired) electrons. The Labute approximate surface area is 91.8 Å². The Hall–Kier alpha value is -0.710. The highest BCUT2D eigenvalue weighted by Crippen LogP contribution is 2.16. The number of methoxy groups -OCH3 is 1. The van der Waals surface area contributed by atoms with Gasteiger partial charge in [-0.2, -0.15) is 13.5 Å². The molecule has 0 bridgehead atoms. The number of ketones is 1. The maximum Gasteiger partial charge on any atom is 0.407 e. The van der Waals surface area contributed by atoms with Crippen LogP contribution in [0.25, 0.3) is 0 Å². The van der Waals surface area contributed by atoms with Gasteiger partial charge in [0, 0.05) is 5.41 Å². The van der Waals surface area contributed by atoms with E-state index in [1.54, 1.807) is 6.92 Å². The Morgan fingerprint density at radius 3 is 2.00 bits per heavy atom. The zero-order valence-corrected chi connectivity index (χ0v) is 10.3. The van der Waals surface area contributed by atoms with Gasteiger partial charge in [0.25, 0.3) is 0 Å². The Morgan fingerprint density at radius 1 is 1.29 bits per heavy atom. The molecule has 0 aliphatic heterocycles. The number of alkyl carbamates (subject to hydrolysis) is 1. The normalized spacial score (nSPS) is 12.4. The van der Waals surface area contributed by atoms with Crippen molar-refractivity contribution >= 4 is 25.4 Å². The van der Waals surface area contributed by atoms with Crippen molar-refractivity contribution in [3.05, 3.63) is 0 Å². The fraction of sp³-hybridized carbons (Fsp3) is 0.778. The molecular weight excluding hydrogens is 202 g/mol. The number of hydrogen-bond donors (Lipinski definition) is 1. The van der Waals surface area contributed by atoms with Gasteiger partial charge in [0.1, 0.15) is 0 Å². The number of carbonyl (C=O) groups is 2. The van der Waals surface area contributed by atoms with Crippen LogP contribution in [0.15, 0.2) is 0 Å². The monoisotopic (exact) mass is 221 g/mol. The minimum atomic E-state index is -0.579. The van der Waals surface area contributed by atoms with E-state index in [-0.39, 0.29) is 19.3 Å². The van der Waals surface area contributed by atoms with Crippen LogP contribution in [0.5, 0.6) is 0 Å². The third kappa shape index (κ3) is 5.11. The molecule has 0 aliphatic rings. The predicted octanol–water partition coefficient (Wildman–Crippen LogP) is 1.46.